The van der Waals surface area contributed by atoms with Gasteiger partial charge >= 0.3 is 11.7 Å². The normalized spacial score (nSPS) is 18.7. The first-order chi connectivity index (χ1) is 18.4. The molecule has 10 heteroatoms. The van der Waals surface area contributed by atoms with Crippen molar-refractivity contribution in [3.05, 3.63) is 58.5 Å². The number of piperazine rings is 1. The fraction of sp³-hybridized carbons (Fsp3) is 0.448. The second-order valence-electron chi connectivity index (χ2n) is 11.6. The van der Waals surface area contributed by atoms with Gasteiger partial charge in [0.15, 0.2) is 5.65 Å². The number of rotatable bonds is 5. The highest BCUT2D eigenvalue weighted by atomic mass is 16.4. The lowest BCUT2D eigenvalue weighted by Crippen LogP contribution is -2.62. The van der Waals surface area contributed by atoms with Crippen molar-refractivity contribution < 1.29 is 14.3 Å². The number of benzene rings is 1. The number of nitrogens with one attached hydrogen (secondary N) is 1. The third kappa shape index (κ3) is 5.34. The number of fused-ring (bicyclic) bond motifs is 2. The number of hydrogen-bond donors (Lipinski definition) is 2. The number of carbonyl (C=O) groups is 1. The molecule has 1 aliphatic rings. The van der Waals surface area contributed by atoms with E-state index in [1.165, 1.54) is 0 Å². The predicted octanol–water partition coefficient (Wildman–Crippen LogP) is 4.31. The van der Waals surface area contributed by atoms with Crippen molar-refractivity contribution in [3.8, 4) is 11.3 Å². The maximum Gasteiger partial charge on any atom is 0.404 e. The zero-order valence-electron chi connectivity index (χ0n) is 23.4. The smallest absolute Gasteiger partial charge is 0.404 e. The Morgan fingerprint density at radius 1 is 1.15 bits per heavy atom. The van der Waals surface area contributed by atoms with Gasteiger partial charge in [0.05, 0.1) is 22.6 Å². The van der Waals surface area contributed by atoms with Crippen LogP contribution in [0.3, 0.4) is 0 Å². The quantitative estimate of drug-likeness (QED) is 0.365. The Morgan fingerprint density at radius 2 is 1.92 bits per heavy atom. The summed E-state index contributed by atoms with van der Waals surface area (Å²) in [6, 6.07) is 8.26. The van der Waals surface area contributed by atoms with Crippen molar-refractivity contribution in [1.29, 1.82) is 0 Å². The molecule has 10 nitrogen and oxygen atoms in total. The number of hydrogen-bond acceptors (Lipinski definition) is 7. The topological polar surface area (TPSA) is 116 Å². The minimum atomic E-state index is -1.00. The summed E-state index contributed by atoms with van der Waals surface area (Å²) in [4.78, 5) is 37.9. The van der Waals surface area contributed by atoms with E-state index in [-0.39, 0.29) is 17.5 Å². The highest BCUT2D eigenvalue weighted by Gasteiger charge is 2.38. The van der Waals surface area contributed by atoms with Crippen molar-refractivity contribution in [2.75, 3.05) is 31.1 Å². The molecule has 2 unspecified atom stereocenters. The predicted molar refractivity (Wildman–Crippen MR) is 152 cm³/mol. The van der Waals surface area contributed by atoms with E-state index in [0.29, 0.717) is 35.6 Å². The summed E-state index contributed by atoms with van der Waals surface area (Å²) in [6.45, 7) is 15.2. The van der Waals surface area contributed by atoms with Gasteiger partial charge in [0.25, 0.3) is 0 Å². The Bertz CT molecular complexity index is 1600. The molecular weight excluding hydrogens is 496 g/mol. The Morgan fingerprint density at radius 3 is 2.64 bits per heavy atom. The summed E-state index contributed by atoms with van der Waals surface area (Å²) in [5.74, 6) is 0. The molecule has 1 fully saturated rings. The lowest BCUT2D eigenvalue weighted by Gasteiger charge is -2.51. The molecule has 0 aliphatic carbocycles. The van der Waals surface area contributed by atoms with Gasteiger partial charge in [-0.15, -0.1) is 0 Å². The number of carboxylic acid groups (broad SMARTS) is 1. The van der Waals surface area contributed by atoms with E-state index in [9.17, 15) is 9.59 Å². The first-order valence-corrected chi connectivity index (χ1v) is 13.3. The van der Waals surface area contributed by atoms with Crippen LogP contribution in [0.15, 0.2) is 45.9 Å². The number of imidazole rings is 1. The number of aromatic nitrogens is 3. The monoisotopic (exact) mass is 532 g/mol. The molecule has 1 saturated heterocycles. The van der Waals surface area contributed by atoms with Crippen LogP contribution in [-0.4, -0.2) is 68.7 Å². The molecule has 39 heavy (non-hydrogen) atoms. The molecule has 3 aromatic heterocycles. The highest BCUT2D eigenvalue weighted by molar-refractivity contribution is 5.84. The Balaban J connectivity index is 1.44. The summed E-state index contributed by atoms with van der Waals surface area (Å²) in [5, 5.41) is 12.3. The van der Waals surface area contributed by atoms with Gasteiger partial charge in [-0.1, -0.05) is 20.8 Å². The van der Waals surface area contributed by atoms with Crippen molar-refractivity contribution >= 4 is 28.4 Å². The molecule has 1 aliphatic heterocycles. The van der Waals surface area contributed by atoms with Gasteiger partial charge in [0.1, 0.15) is 5.58 Å². The first-order valence-electron chi connectivity index (χ1n) is 13.3. The second kappa shape index (κ2) is 10.00. The zero-order valence-corrected chi connectivity index (χ0v) is 23.4. The van der Waals surface area contributed by atoms with E-state index in [2.05, 4.69) is 58.8 Å². The number of amides is 1. The Hall–Kier alpha value is -3.92. The first kappa shape index (κ1) is 26.7. The van der Waals surface area contributed by atoms with E-state index in [0.717, 1.165) is 35.6 Å². The molecular formula is C29H36N6O4. The molecule has 1 aromatic carbocycles. The summed E-state index contributed by atoms with van der Waals surface area (Å²) < 4.78 is 7.72. The number of aryl methyl sites for hydroxylation is 2. The van der Waals surface area contributed by atoms with Crippen molar-refractivity contribution in [2.45, 2.75) is 53.6 Å². The molecule has 0 bridgehead atoms. The molecule has 0 radical (unpaired) electrons. The van der Waals surface area contributed by atoms with Gasteiger partial charge in [0, 0.05) is 67.8 Å². The van der Waals surface area contributed by atoms with Crippen LogP contribution in [0.1, 0.15) is 39.1 Å². The van der Waals surface area contributed by atoms with E-state index in [1.54, 1.807) is 0 Å². The van der Waals surface area contributed by atoms with Crippen LogP contribution in [0.5, 0.6) is 0 Å². The van der Waals surface area contributed by atoms with Crippen molar-refractivity contribution in [2.24, 2.45) is 5.41 Å². The molecule has 2 N–H and O–H groups in total. The summed E-state index contributed by atoms with van der Waals surface area (Å²) in [6.07, 6.45) is 2.73. The average Bonchev–Trinajstić information content (AvgIpc) is 3.27. The van der Waals surface area contributed by atoms with E-state index < -0.39 is 11.7 Å². The standard InChI is InChI=1S/C29H36N6O4/c1-17-13-34-15-23(32-26(34)19(3)31-17)22-11-20-7-8-21(12-24(20)39-27(22)36)33-14-18(2)35(10-9-30-28(37)38)25(16-33)29(4,5)6/h7-8,11-13,15,18,25,30H,9-10,14,16H2,1-6H3,(H,37,38). The molecule has 5 rings (SSSR count). The van der Waals surface area contributed by atoms with Gasteiger partial charge in [0.2, 0.25) is 0 Å². The van der Waals surface area contributed by atoms with E-state index >= 15 is 0 Å². The van der Waals surface area contributed by atoms with Gasteiger partial charge in [-0.3, -0.25) is 9.88 Å². The summed E-state index contributed by atoms with van der Waals surface area (Å²) in [5.41, 5.74) is 4.45. The minimum absolute atomic E-state index is 0.0189. The molecule has 0 saturated carbocycles. The minimum Gasteiger partial charge on any atom is -0.465 e. The van der Waals surface area contributed by atoms with E-state index in [1.807, 2.05) is 48.8 Å². The molecule has 4 heterocycles. The second-order valence-corrected chi connectivity index (χ2v) is 11.6. The molecule has 206 valence electrons. The van der Waals surface area contributed by atoms with Gasteiger partial charge in [-0.25, -0.2) is 14.6 Å². The largest absolute Gasteiger partial charge is 0.465 e. The third-order valence-corrected chi connectivity index (χ3v) is 7.58. The maximum absolute atomic E-state index is 13.1. The SMILES string of the molecule is Cc1cn2cc(-c3cc4ccc(N5CC(C)N(CCNC(=O)O)C(C(C)(C)C)C5)cc4oc3=O)nc2c(C)n1. The van der Waals surface area contributed by atoms with Crippen LogP contribution < -0.4 is 15.8 Å². The van der Waals surface area contributed by atoms with Crippen LogP contribution >= 0.6 is 0 Å². The van der Waals surface area contributed by atoms with Crippen LogP contribution in [0.4, 0.5) is 10.5 Å². The fourth-order valence-electron chi connectivity index (χ4n) is 5.68. The van der Waals surface area contributed by atoms with Crippen LogP contribution in [0, 0.1) is 19.3 Å². The lowest BCUT2D eigenvalue weighted by atomic mass is 9.83. The fourth-order valence-corrected chi connectivity index (χ4v) is 5.68. The lowest BCUT2D eigenvalue weighted by molar-refractivity contribution is 0.0504. The van der Waals surface area contributed by atoms with Gasteiger partial charge < -0.3 is 24.1 Å². The molecule has 1 amide bonds. The third-order valence-electron chi connectivity index (χ3n) is 7.58. The zero-order chi connectivity index (χ0) is 28.1. The van der Waals surface area contributed by atoms with Crippen LogP contribution in [0.2, 0.25) is 0 Å². The molecule has 2 atom stereocenters. The Labute approximate surface area is 227 Å². The number of nitrogens with zero attached hydrogens (tertiary/aromatic N) is 5. The van der Waals surface area contributed by atoms with Crippen LogP contribution in [-0.2, 0) is 0 Å². The number of anilines is 1. The van der Waals surface area contributed by atoms with Crippen molar-refractivity contribution in [1.82, 2.24) is 24.6 Å². The van der Waals surface area contributed by atoms with E-state index in [4.69, 9.17) is 9.52 Å². The highest BCUT2D eigenvalue weighted by Crippen LogP contribution is 2.33. The molecule has 4 aromatic rings. The summed E-state index contributed by atoms with van der Waals surface area (Å²) >= 11 is 0. The van der Waals surface area contributed by atoms with Crippen molar-refractivity contribution in [3.63, 3.8) is 0 Å². The van der Waals surface area contributed by atoms with Gasteiger partial charge in [-0.2, -0.15) is 0 Å². The average molecular weight is 533 g/mol. The molecule has 0 spiro atoms. The summed E-state index contributed by atoms with van der Waals surface area (Å²) in [7, 11) is 0. The Kier molecular flexibility index (Phi) is 6.84. The maximum atomic E-state index is 13.1. The van der Waals surface area contributed by atoms with Crippen LogP contribution in [0.25, 0.3) is 27.9 Å². The van der Waals surface area contributed by atoms with Gasteiger partial charge in [-0.05, 0) is 44.4 Å².